The lowest BCUT2D eigenvalue weighted by Crippen LogP contribution is -2.71. The third-order valence-electron chi connectivity index (χ3n) is 5.89. The van der Waals surface area contributed by atoms with Gasteiger partial charge in [0.05, 0.1) is 19.0 Å². The number of carbonyl (C=O) groups is 3. The van der Waals surface area contributed by atoms with Gasteiger partial charge in [-0.3, -0.25) is 24.5 Å². The number of fused-ring (bicyclic) bond motifs is 1. The van der Waals surface area contributed by atoms with Crippen molar-refractivity contribution in [1.29, 1.82) is 0 Å². The summed E-state index contributed by atoms with van der Waals surface area (Å²) in [6, 6.07) is 0.388. The molecule has 0 bridgehead atoms. The number of anilines is 1. The highest BCUT2D eigenvalue weighted by molar-refractivity contribution is 8.06. The van der Waals surface area contributed by atoms with Crippen LogP contribution in [0.25, 0.3) is 0 Å². The summed E-state index contributed by atoms with van der Waals surface area (Å²) in [7, 11) is 0. The van der Waals surface area contributed by atoms with Gasteiger partial charge in [0.25, 0.3) is 11.8 Å². The van der Waals surface area contributed by atoms with Crippen molar-refractivity contribution in [2.75, 3.05) is 37.1 Å². The zero-order valence-corrected chi connectivity index (χ0v) is 25.6. The summed E-state index contributed by atoms with van der Waals surface area (Å²) in [5.41, 5.74) is 11.5. The first-order chi connectivity index (χ1) is 20.8. The molecule has 1 saturated heterocycles. The molecule has 4 rings (SSSR count). The Balaban J connectivity index is 1.48. The van der Waals surface area contributed by atoms with Gasteiger partial charge in [0.2, 0.25) is 0 Å². The second-order valence-electron chi connectivity index (χ2n) is 8.71. The standard InChI is InChI=1S/C24H27FN8O6S4/c25-2-4-39-32-17(14-9-42-24(27)30-14)20(35)31-18-21(36)33-19(23(37)38)16(10-41-22(18)33)43-15-1-3-28-5-12(15)7-40-8-13(6-34)29-11-26/h1,3,5,9,11,13,18,22,34H,2,4,6-8,10H2,(H2,26,29)(H2,27,30)(H,31,35)(H,37,38)/t13?,18-,22+/m1/s1. The number of carboxylic acids is 1. The van der Waals surface area contributed by atoms with E-state index in [-0.39, 0.29) is 47.2 Å². The largest absolute Gasteiger partial charge is 0.477 e. The van der Waals surface area contributed by atoms with E-state index in [2.05, 4.69) is 25.4 Å². The molecule has 2 aliphatic heterocycles. The zero-order chi connectivity index (χ0) is 30.9. The Morgan fingerprint density at radius 2 is 2.23 bits per heavy atom. The van der Waals surface area contributed by atoms with Gasteiger partial charge in [-0.15, -0.1) is 23.1 Å². The second kappa shape index (κ2) is 15.4. The molecule has 0 spiro atoms. The lowest BCUT2D eigenvalue weighted by atomic mass is 10.0. The van der Waals surface area contributed by atoms with E-state index in [0.717, 1.165) is 33.0 Å². The number of thioether (sulfide) groups is 3. The van der Waals surface area contributed by atoms with Crippen molar-refractivity contribution in [3.05, 3.63) is 45.7 Å². The average Bonchev–Trinajstić information content (AvgIpc) is 3.43. The van der Waals surface area contributed by atoms with Crippen molar-refractivity contribution in [1.82, 2.24) is 20.2 Å². The summed E-state index contributed by atoms with van der Waals surface area (Å²) < 4.78 is 12.5. The molecule has 3 atom stereocenters. The Morgan fingerprint density at radius 3 is 2.91 bits per heavy atom. The molecule has 1 unspecified atom stereocenters. The Hall–Kier alpha value is -3.39. The number of nitrogens with zero attached hydrogens (tertiary/aromatic N) is 5. The third-order valence-corrected chi connectivity index (χ3v) is 10.4. The number of aliphatic hydroxyl groups is 1. The maximum atomic E-state index is 13.2. The van der Waals surface area contributed by atoms with Gasteiger partial charge in [0.15, 0.2) is 10.8 Å². The maximum absolute atomic E-state index is 13.2. The van der Waals surface area contributed by atoms with Crippen molar-refractivity contribution >= 4 is 81.6 Å². The number of hydrogen-bond acceptors (Lipinski definition) is 14. The smallest absolute Gasteiger partial charge is 0.353 e. The van der Waals surface area contributed by atoms with Gasteiger partial charge in [-0.2, -0.15) is 11.8 Å². The van der Waals surface area contributed by atoms with E-state index < -0.39 is 35.9 Å². The van der Waals surface area contributed by atoms with Crippen molar-refractivity contribution < 1.29 is 33.8 Å². The van der Waals surface area contributed by atoms with Crippen molar-refractivity contribution in [2.45, 2.75) is 28.1 Å². The molecule has 0 saturated carbocycles. The predicted molar refractivity (Wildman–Crippen MR) is 164 cm³/mol. The minimum absolute atomic E-state index is 0.0916. The van der Waals surface area contributed by atoms with Crippen LogP contribution in [0.5, 0.6) is 0 Å². The summed E-state index contributed by atoms with van der Waals surface area (Å²) in [5.74, 6) is -1.38. The minimum Gasteiger partial charge on any atom is -0.477 e. The number of nitrogen functional groups attached to an aromatic ring is 1. The van der Waals surface area contributed by atoms with E-state index in [0.29, 0.717) is 16.4 Å². The second-order valence-corrected chi connectivity index (χ2v) is 12.9. The number of aliphatic imine (C=N–C) groups is 1. The molecule has 4 heterocycles. The van der Waals surface area contributed by atoms with Crippen LogP contribution in [0, 0.1) is 0 Å². The molecule has 0 aromatic carbocycles. The Bertz CT molecular complexity index is 1440. The Kier molecular flexibility index (Phi) is 11.6. The molecule has 230 valence electrons. The van der Waals surface area contributed by atoms with Crippen LogP contribution in [0.2, 0.25) is 0 Å². The predicted octanol–water partition coefficient (Wildman–Crippen LogP) is 0.880. The number of oxime groups is 1. The summed E-state index contributed by atoms with van der Waals surface area (Å²) in [4.78, 5) is 58.1. The van der Waals surface area contributed by atoms with Crippen LogP contribution in [0.1, 0.15) is 11.3 Å². The normalized spacial score (nSPS) is 19.3. The molecular weight excluding hydrogens is 644 g/mol. The molecular formula is C24H27FN8O6S4. The monoisotopic (exact) mass is 670 g/mol. The van der Waals surface area contributed by atoms with Crippen LogP contribution in [0.3, 0.4) is 0 Å². The number of hydrogen-bond donors (Lipinski definition) is 5. The van der Waals surface area contributed by atoms with E-state index in [1.165, 1.54) is 40.7 Å². The molecule has 2 aromatic heterocycles. The highest BCUT2D eigenvalue weighted by atomic mass is 32.2. The lowest BCUT2D eigenvalue weighted by Gasteiger charge is -2.49. The van der Waals surface area contributed by atoms with E-state index in [1.807, 2.05) is 0 Å². The maximum Gasteiger partial charge on any atom is 0.353 e. The Labute approximate surface area is 261 Å². The highest BCUT2D eigenvalue weighted by Gasteiger charge is 2.54. The number of β-lactam (4-membered cyclic amide) rings is 1. The number of halogens is 1. The van der Waals surface area contributed by atoms with Gasteiger partial charge >= 0.3 is 5.97 Å². The van der Waals surface area contributed by atoms with Crippen LogP contribution in [0.15, 0.2) is 49.5 Å². The molecule has 0 radical (unpaired) electrons. The molecule has 1 fully saturated rings. The third kappa shape index (κ3) is 7.77. The number of nitrogens with two attached hydrogens (primary N) is 2. The van der Waals surface area contributed by atoms with Gasteiger partial charge in [0.1, 0.15) is 36.1 Å². The molecule has 19 heteroatoms. The zero-order valence-electron chi connectivity index (χ0n) is 22.3. The van der Waals surface area contributed by atoms with E-state index >= 15 is 0 Å². The van der Waals surface area contributed by atoms with Crippen LogP contribution < -0.4 is 16.8 Å². The van der Waals surface area contributed by atoms with Crippen molar-refractivity contribution in [3.63, 3.8) is 0 Å². The molecule has 2 aliphatic rings. The topological polar surface area (TPSA) is 219 Å². The van der Waals surface area contributed by atoms with E-state index in [1.54, 1.807) is 18.5 Å². The van der Waals surface area contributed by atoms with Crippen LogP contribution >= 0.6 is 46.6 Å². The van der Waals surface area contributed by atoms with Gasteiger partial charge < -0.3 is 31.8 Å². The summed E-state index contributed by atoms with van der Waals surface area (Å²) in [6.07, 6.45) is 4.43. The number of nitrogens with one attached hydrogen (secondary N) is 1. The summed E-state index contributed by atoms with van der Waals surface area (Å²) in [6.45, 7) is -1.36. The summed E-state index contributed by atoms with van der Waals surface area (Å²) in [5, 5.41) is 26.7. The number of aromatic nitrogens is 2. The lowest BCUT2D eigenvalue weighted by molar-refractivity contribution is -0.150. The van der Waals surface area contributed by atoms with Gasteiger partial charge in [0, 0.05) is 44.8 Å². The first-order valence-electron chi connectivity index (χ1n) is 12.5. The van der Waals surface area contributed by atoms with Gasteiger partial charge in [-0.05, 0) is 11.6 Å². The fraction of sp³-hybridized carbons (Fsp3) is 0.375. The SMILES string of the molecule is NC=NC(CO)CSCc1cnccc1SC1=C(C(=O)O)N2C(=O)[C@@H](NC(=O)C(=NOCCF)c3csc(N)n3)[C@@H]2SC1. The Morgan fingerprint density at radius 1 is 1.42 bits per heavy atom. The van der Waals surface area contributed by atoms with E-state index in [9.17, 15) is 29.0 Å². The fourth-order valence-corrected chi connectivity index (χ4v) is 8.19. The number of alkyl halides is 1. The number of carbonyl (C=O) groups excluding carboxylic acids is 2. The number of carboxylic acid groups (broad SMARTS) is 1. The molecule has 14 nitrogen and oxygen atoms in total. The number of thiazole rings is 1. The number of aliphatic carboxylic acids is 1. The molecule has 2 amide bonds. The first kappa shape index (κ1) is 32.5. The van der Waals surface area contributed by atoms with Crippen molar-refractivity contribution in [2.24, 2.45) is 15.9 Å². The number of amides is 2. The number of rotatable bonds is 15. The van der Waals surface area contributed by atoms with Gasteiger partial charge in [-0.25, -0.2) is 14.2 Å². The van der Waals surface area contributed by atoms with E-state index in [4.69, 9.17) is 16.3 Å². The average molecular weight is 671 g/mol. The fourth-order valence-electron chi connectivity index (χ4n) is 3.95. The number of pyridine rings is 1. The summed E-state index contributed by atoms with van der Waals surface area (Å²) >= 11 is 5.11. The quantitative estimate of drug-likeness (QED) is 0.0585. The molecule has 2 aromatic rings. The highest BCUT2D eigenvalue weighted by Crippen LogP contribution is 2.46. The van der Waals surface area contributed by atoms with Crippen LogP contribution in [-0.4, -0.2) is 104 Å². The molecule has 0 aliphatic carbocycles. The minimum atomic E-state index is -1.28. The molecule has 43 heavy (non-hydrogen) atoms. The van der Waals surface area contributed by atoms with Crippen molar-refractivity contribution in [3.8, 4) is 0 Å². The molecule has 7 N–H and O–H groups in total. The first-order valence-corrected chi connectivity index (χ1v) is 16.4. The van der Waals surface area contributed by atoms with Crippen LogP contribution in [0.4, 0.5) is 9.52 Å². The van der Waals surface area contributed by atoms with Gasteiger partial charge in [-0.1, -0.05) is 16.9 Å². The van der Waals surface area contributed by atoms with Crippen LogP contribution in [-0.2, 0) is 25.0 Å². The number of aliphatic hydroxyl groups excluding tert-OH is 1.